The number of rotatable bonds is 5. The average molecular weight is 263 g/mol. The van der Waals surface area contributed by atoms with Crippen molar-refractivity contribution < 1.29 is 9.84 Å². The molecule has 0 spiro atoms. The van der Waals surface area contributed by atoms with Gasteiger partial charge in [0.05, 0.1) is 24.6 Å². The summed E-state index contributed by atoms with van der Waals surface area (Å²) in [6, 6.07) is 0. The van der Waals surface area contributed by atoms with Crippen LogP contribution >= 0.6 is 0 Å². The van der Waals surface area contributed by atoms with Gasteiger partial charge in [-0.2, -0.15) is 9.97 Å². The fourth-order valence-electron chi connectivity index (χ4n) is 1.53. The van der Waals surface area contributed by atoms with E-state index in [4.69, 9.17) is 10.5 Å². The Bertz CT molecular complexity index is 573. The van der Waals surface area contributed by atoms with Gasteiger partial charge in [0.2, 0.25) is 11.8 Å². The third kappa shape index (κ3) is 3.05. The molecular formula is C12H17N5O2. The van der Waals surface area contributed by atoms with E-state index in [1.54, 1.807) is 6.92 Å². The summed E-state index contributed by atoms with van der Waals surface area (Å²) in [7, 11) is 0. The number of ether oxygens (including phenoxy) is 1. The number of anilines is 1. The molecule has 7 nitrogen and oxygen atoms in total. The van der Waals surface area contributed by atoms with Crippen molar-refractivity contribution >= 4 is 17.1 Å². The third-order valence-electron chi connectivity index (χ3n) is 2.58. The Morgan fingerprint density at radius 3 is 2.84 bits per heavy atom. The van der Waals surface area contributed by atoms with Crippen molar-refractivity contribution in [2.24, 2.45) is 0 Å². The van der Waals surface area contributed by atoms with E-state index in [0.717, 1.165) is 12.8 Å². The Balaban J connectivity index is 2.43. The fourth-order valence-corrected chi connectivity index (χ4v) is 1.53. The Labute approximate surface area is 110 Å². The third-order valence-corrected chi connectivity index (χ3v) is 2.58. The molecule has 2 rings (SSSR count). The van der Waals surface area contributed by atoms with Crippen LogP contribution in [0, 0.1) is 0 Å². The number of hydrogen-bond donors (Lipinski definition) is 2. The van der Waals surface area contributed by atoms with Gasteiger partial charge in [0.15, 0.2) is 11.2 Å². The molecule has 0 saturated heterocycles. The van der Waals surface area contributed by atoms with Crippen LogP contribution in [0.5, 0.6) is 5.88 Å². The lowest BCUT2D eigenvalue weighted by atomic mass is 10.3. The highest BCUT2D eigenvalue weighted by molar-refractivity contribution is 5.76. The largest absolute Gasteiger partial charge is 0.476 e. The summed E-state index contributed by atoms with van der Waals surface area (Å²) >= 11 is 0. The summed E-state index contributed by atoms with van der Waals surface area (Å²) in [6.07, 6.45) is 2.69. The predicted molar refractivity (Wildman–Crippen MR) is 70.6 cm³/mol. The van der Waals surface area contributed by atoms with E-state index in [1.807, 2.05) is 0 Å². The summed E-state index contributed by atoms with van der Waals surface area (Å²) in [5.41, 5.74) is 6.84. The summed E-state index contributed by atoms with van der Waals surface area (Å²) in [6.45, 7) is 4.22. The zero-order valence-electron chi connectivity index (χ0n) is 11.0. The molecule has 1 unspecified atom stereocenters. The molecule has 1 atom stereocenters. The van der Waals surface area contributed by atoms with Crippen LogP contribution < -0.4 is 10.5 Å². The number of nitrogen functional groups attached to an aromatic ring is 1. The second-order valence-electron chi connectivity index (χ2n) is 4.23. The van der Waals surface area contributed by atoms with Crippen LogP contribution in [0.15, 0.2) is 6.20 Å². The SMILES string of the molecule is CCCCOc1nc(N)nc2ncc(C(C)O)nc12. The molecule has 0 aliphatic rings. The molecule has 0 fully saturated rings. The molecule has 0 saturated carbocycles. The van der Waals surface area contributed by atoms with Gasteiger partial charge in [-0.25, -0.2) is 9.97 Å². The van der Waals surface area contributed by atoms with E-state index < -0.39 is 6.10 Å². The Morgan fingerprint density at radius 2 is 2.16 bits per heavy atom. The Morgan fingerprint density at radius 1 is 1.37 bits per heavy atom. The van der Waals surface area contributed by atoms with Gasteiger partial charge in [0, 0.05) is 0 Å². The lowest BCUT2D eigenvalue weighted by Crippen LogP contribution is -2.06. The van der Waals surface area contributed by atoms with Crippen LogP contribution in [-0.4, -0.2) is 31.6 Å². The molecule has 0 bridgehead atoms. The molecule has 2 aromatic heterocycles. The number of nitrogens with zero attached hydrogens (tertiary/aromatic N) is 4. The number of aromatic nitrogens is 4. The molecule has 2 aromatic rings. The smallest absolute Gasteiger partial charge is 0.247 e. The van der Waals surface area contributed by atoms with Crippen LogP contribution in [0.25, 0.3) is 11.2 Å². The quantitative estimate of drug-likeness (QED) is 0.781. The standard InChI is InChI=1S/C12H17N5O2/c1-3-4-5-19-11-9-10(16-12(13)17-11)14-6-8(15-9)7(2)18/h6-7,18H,3-5H2,1-2H3,(H2,13,14,16,17). The molecule has 0 aliphatic carbocycles. The number of fused-ring (bicyclic) bond motifs is 1. The number of hydrogen-bond acceptors (Lipinski definition) is 7. The first-order chi connectivity index (χ1) is 9.11. The van der Waals surface area contributed by atoms with Gasteiger partial charge < -0.3 is 15.6 Å². The zero-order valence-corrected chi connectivity index (χ0v) is 11.0. The minimum absolute atomic E-state index is 0.0955. The molecule has 0 aliphatic heterocycles. The molecule has 102 valence electrons. The van der Waals surface area contributed by atoms with Crippen molar-refractivity contribution in [3.8, 4) is 5.88 Å². The van der Waals surface area contributed by atoms with E-state index in [2.05, 4.69) is 26.9 Å². The van der Waals surface area contributed by atoms with Crippen molar-refractivity contribution in [1.82, 2.24) is 19.9 Å². The van der Waals surface area contributed by atoms with E-state index in [-0.39, 0.29) is 5.95 Å². The molecule has 0 amide bonds. The monoisotopic (exact) mass is 263 g/mol. The highest BCUT2D eigenvalue weighted by Crippen LogP contribution is 2.22. The van der Waals surface area contributed by atoms with Crippen LogP contribution in [0.1, 0.15) is 38.5 Å². The van der Waals surface area contributed by atoms with Gasteiger partial charge in [0.25, 0.3) is 0 Å². The van der Waals surface area contributed by atoms with Crippen LogP contribution in [0.4, 0.5) is 5.95 Å². The van der Waals surface area contributed by atoms with Gasteiger partial charge in [-0.1, -0.05) is 13.3 Å². The first kappa shape index (κ1) is 13.4. The van der Waals surface area contributed by atoms with Crippen molar-refractivity contribution in [3.05, 3.63) is 11.9 Å². The van der Waals surface area contributed by atoms with E-state index in [1.165, 1.54) is 6.20 Å². The number of nitrogens with two attached hydrogens (primary N) is 1. The first-order valence-electron chi connectivity index (χ1n) is 6.22. The zero-order chi connectivity index (χ0) is 13.8. The van der Waals surface area contributed by atoms with Gasteiger partial charge >= 0.3 is 0 Å². The molecule has 0 radical (unpaired) electrons. The predicted octanol–water partition coefficient (Wildman–Crippen LogP) is 1.23. The van der Waals surface area contributed by atoms with Gasteiger partial charge in [0.1, 0.15) is 0 Å². The van der Waals surface area contributed by atoms with Crippen molar-refractivity contribution in [2.75, 3.05) is 12.3 Å². The summed E-state index contributed by atoms with van der Waals surface area (Å²) in [5, 5.41) is 9.53. The normalized spacial score (nSPS) is 12.6. The van der Waals surface area contributed by atoms with Crippen molar-refractivity contribution in [2.45, 2.75) is 32.8 Å². The summed E-state index contributed by atoms with van der Waals surface area (Å²) in [4.78, 5) is 16.4. The first-order valence-corrected chi connectivity index (χ1v) is 6.22. The van der Waals surface area contributed by atoms with Crippen LogP contribution in [-0.2, 0) is 0 Å². The maximum Gasteiger partial charge on any atom is 0.247 e. The Hall–Kier alpha value is -2.02. The molecule has 7 heteroatoms. The fraction of sp³-hybridized carbons (Fsp3) is 0.500. The summed E-state index contributed by atoms with van der Waals surface area (Å²) in [5.74, 6) is 0.407. The second-order valence-corrected chi connectivity index (χ2v) is 4.23. The van der Waals surface area contributed by atoms with Crippen LogP contribution in [0.3, 0.4) is 0 Å². The van der Waals surface area contributed by atoms with Gasteiger partial charge in [-0.15, -0.1) is 0 Å². The lowest BCUT2D eigenvalue weighted by Gasteiger charge is -2.09. The number of aliphatic hydroxyl groups is 1. The molecule has 0 aromatic carbocycles. The molecular weight excluding hydrogens is 246 g/mol. The summed E-state index contributed by atoms with van der Waals surface area (Å²) < 4.78 is 5.56. The highest BCUT2D eigenvalue weighted by Gasteiger charge is 2.13. The molecule has 19 heavy (non-hydrogen) atoms. The highest BCUT2D eigenvalue weighted by atomic mass is 16.5. The minimum Gasteiger partial charge on any atom is -0.476 e. The minimum atomic E-state index is -0.710. The average Bonchev–Trinajstić information content (AvgIpc) is 2.38. The number of aliphatic hydroxyl groups excluding tert-OH is 1. The van der Waals surface area contributed by atoms with Crippen molar-refractivity contribution in [1.29, 1.82) is 0 Å². The molecule has 3 N–H and O–H groups in total. The topological polar surface area (TPSA) is 107 Å². The lowest BCUT2D eigenvalue weighted by molar-refractivity contribution is 0.194. The van der Waals surface area contributed by atoms with Crippen LogP contribution in [0.2, 0.25) is 0 Å². The Kier molecular flexibility index (Phi) is 4.06. The van der Waals surface area contributed by atoms with E-state index in [0.29, 0.717) is 29.3 Å². The van der Waals surface area contributed by atoms with Gasteiger partial charge in [-0.3, -0.25) is 0 Å². The van der Waals surface area contributed by atoms with E-state index in [9.17, 15) is 5.11 Å². The number of unbranched alkanes of at least 4 members (excludes halogenated alkanes) is 1. The molecule has 2 heterocycles. The van der Waals surface area contributed by atoms with E-state index >= 15 is 0 Å². The maximum absolute atomic E-state index is 9.53. The van der Waals surface area contributed by atoms with Gasteiger partial charge in [-0.05, 0) is 13.3 Å². The van der Waals surface area contributed by atoms with Crippen molar-refractivity contribution in [3.63, 3.8) is 0 Å². The maximum atomic E-state index is 9.53. The second kappa shape index (κ2) is 5.75.